The Hall–Kier alpha value is -2.76. The molecule has 0 bridgehead atoms. The van der Waals surface area contributed by atoms with Crippen molar-refractivity contribution in [2.45, 2.75) is 26.7 Å². The number of hydrogen-bond donors (Lipinski definition) is 2. The Balaban J connectivity index is 2.52. The summed E-state index contributed by atoms with van der Waals surface area (Å²) in [5, 5.41) is 10.5. The number of allylic oxidation sites excluding steroid dienone is 1. The SMILES string of the molecule is CCOC(=O)C1=C(C)NC(=S)C(=C=N)C1c1ccc(C(=O)OCC)cc1. The summed E-state index contributed by atoms with van der Waals surface area (Å²) in [5.41, 5.74) is 2.44. The Labute approximate surface area is 157 Å². The van der Waals surface area contributed by atoms with Crippen LogP contribution in [0.2, 0.25) is 0 Å². The zero-order chi connectivity index (χ0) is 19.3. The minimum atomic E-state index is -0.587. The molecule has 136 valence electrons. The lowest BCUT2D eigenvalue weighted by Gasteiger charge is -2.29. The number of rotatable bonds is 5. The number of hydrogen-bond acceptors (Lipinski definition) is 6. The third-order valence-electron chi connectivity index (χ3n) is 3.91. The van der Waals surface area contributed by atoms with Gasteiger partial charge in [-0.3, -0.25) is 5.41 Å². The fraction of sp³-hybridized carbons (Fsp3) is 0.316. The molecule has 0 saturated heterocycles. The minimum absolute atomic E-state index is 0.234. The summed E-state index contributed by atoms with van der Waals surface area (Å²) in [6, 6.07) is 6.68. The summed E-state index contributed by atoms with van der Waals surface area (Å²) < 4.78 is 10.1. The van der Waals surface area contributed by atoms with E-state index in [-0.39, 0.29) is 6.61 Å². The summed E-state index contributed by atoms with van der Waals surface area (Å²) in [6.07, 6.45) is 0. The average molecular weight is 372 g/mol. The van der Waals surface area contributed by atoms with E-state index in [1.165, 1.54) is 0 Å². The second-order valence-corrected chi connectivity index (χ2v) is 5.94. The number of benzene rings is 1. The third kappa shape index (κ3) is 3.90. The molecular formula is C19H20N2O4S. The first-order valence-electron chi connectivity index (χ1n) is 8.20. The number of thiocarbonyl (C=S) groups is 1. The van der Waals surface area contributed by atoms with E-state index in [0.29, 0.717) is 39.6 Å². The Bertz CT molecular complexity index is 820. The molecule has 0 amide bonds. The zero-order valence-corrected chi connectivity index (χ0v) is 15.7. The van der Waals surface area contributed by atoms with E-state index in [1.54, 1.807) is 45.0 Å². The number of esters is 2. The highest BCUT2D eigenvalue weighted by atomic mass is 32.1. The molecule has 0 radical (unpaired) electrons. The van der Waals surface area contributed by atoms with Crippen LogP contribution in [-0.2, 0) is 14.3 Å². The van der Waals surface area contributed by atoms with Gasteiger partial charge in [0.05, 0.1) is 35.8 Å². The van der Waals surface area contributed by atoms with Crippen molar-refractivity contribution in [3.05, 3.63) is 52.2 Å². The second-order valence-electron chi connectivity index (χ2n) is 5.53. The second kappa shape index (κ2) is 8.56. The maximum absolute atomic E-state index is 12.5. The highest BCUT2D eigenvalue weighted by Gasteiger charge is 2.35. The molecule has 2 N–H and O–H groups in total. The molecule has 1 aromatic rings. The zero-order valence-electron chi connectivity index (χ0n) is 14.8. The average Bonchev–Trinajstić information content (AvgIpc) is 2.61. The van der Waals surface area contributed by atoms with E-state index in [1.807, 2.05) is 0 Å². The van der Waals surface area contributed by atoms with Crippen LogP contribution in [0, 0.1) is 5.41 Å². The van der Waals surface area contributed by atoms with E-state index in [9.17, 15) is 9.59 Å². The summed E-state index contributed by atoms with van der Waals surface area (Å²) in [5.74, 6) is 0.854. The summed E-state index contributed by atoms with van der Waals surface area (Å²) in [7, 11) is 0. The molecule has 0 fully saturated rings. The van der Waals surface area contributed by atoms with Crippen LogP contribution in [0.4, 0.5) is 0 Å². The van der Waals surface area contributed by atoms with Crippen molar-refractivity contribution in [3.8, 4) is 0 Å². The number of nitrogens with one attached hydrogen (secondary N) is 2. The molecule has 2 rings (SSSR count). The fourth-order valence-corrected chi connectivity index (χ4v) is 3.09. The van der Waals surface area contributed by atoms with Crippen molar-refractivity contribution in [2.24, 2.45) is 0 Å². The van der Waals surface area contributed by atoms with Gasteiger partial charge in [0.25, 0.3) is 0 Å². The smallest absolute Gasteiger partial charge is 0.338 e. The van der Waals surface area contributed by atoms with Crippen LogP contribution in [0.5, 0.6) is 0 Å². The Morgan fingerprint density at radius 2 is 1.73 bits per heavy atom. The first-order valence-corrected chi connectivity index (χ1v) is 8.61. The van der Waals surface area contributed by atoms with Crippen molar-refractivity contribution in [3.63, 3.8) is 0 Å². The molecule has 6 nitrogen and oxygen atoms in total. The van der Waals surface area contributed by atoms with Crippen LogP contribution < -0.4 is 5.32 Å². The molecule has 7 heteroatoms. The van der Waals surface area contributed by atoms with Gasteiger partial charge in [-0.1, -0.05) is 24.4 Å². The predicted octanol–water partition coefficient (Wildman–Crippen LogP) is 2.89. The van der Waals surface area contributed by atoms with Gasteiger partial charge in [-0.2, -0.15) is 0 Å². The van der Waals surface area contributed by atoms with Crippen LogP contribution in [0.15, 0.2) is 41.1 Å². The molecule has 0 spiro atoms. The standard InChI is InChI=1S/C19H20N2O4S/c1-4-24-18(22)13-8-6-12(7-9-13)16-14(10-20)17(26)21-11(3)15(16)19(23)25-5-2/h6-9,16,20H,4-5H2,1-3H3,(H,21,26). The maximum atomic E-state index is 12.5. The lowest BCUT2D eigenvalue weighted by atomic mass is 9.81. The summed E-state index contributed by atoms with van der Waals surface area (Å²) in [4.78, 5) is 24.6. The topological polar surface area (TPSA) is 88.5 Å². The van der Waals surface area contributed by atoms with Gasteiger partial charge in [-0.05, 0) is 44.3 Å². The summed E-state index contributed by atoms with van der Waals surface area (Å²) >= 11 is 5.30. The molecule has 1 aliphatic heterocycles. The van der Waals surface area contributed by atoms with Gasteiger partial charge in [0.2, 0.25) is 0 Å². The van der Waals surface area contributed by atoms with Crippen molar-refractivity contribution < 1.29 is 19.1 Å². The number of ether oxygens (including phenoxy) is 2. The van der Waals surface area contributed by atoms with Crippen molar-refractivity contribution >= 4 is 35.0 Å². The van der Waals surface area contributed by atoms with Gasteiger partial charge in [-0.25, -0.2) is 9.59 Å². The third-order valence-corrected chi connectivity index (χ3v) is 4.23. The Morgan fingerprint density at radius 3 is 2.27 bits per heavy atom. The molecule has 0 aromatic heterocycles. The van der Waals surface area contributed by atoms with Gasteiger partial charge in [0, 0.05) is 5.70 Å². The quantitative estimate of drug-likeness (QED) is 0.358. The molecule has 26 heavy (non-hydrogen) atoms. The van der Waals surface area contributed by atoms with Crippen molar-refractivity contribution in [1.29, 1.82) is 5.41 Å². The molecule has 0 aliphatic carbocycles. The number of carbonyl (C=O) groups is 2. The maximum Gasteiger partial charge on any atom is 0.338 e. The predicted molar refractivity (Wildman–Crippen MR) is 101 cm³/mol. The van der Waals surface area contributed by atoms with Crippen LogP contribution in [0.3, 0.4) is 0 Å². The fourth-order valence-electron chi connectivity index (χ4n) is 2.77. The molecule has 0 saturated carbocycles. The van der Waals surface area contributed by atoms with Crippen molar-refractivity contribution in [1.82, 2.24) is 5.32 Å². The lowest BCUT2D eigenvalue weighted by Crippen LogP contribution is -2.35. The van der Waals surface area contributed by atoms with Gasteiger partial charge < -0.3 is 14.8 Å². The van der Waals surface area contributed by atoms with E-state index >= 15 is 0 Å². The first kappa shape index (κ1) is 19.6. The molecule has 1 unspecified atom stereocenters. The Morgan fingerprint density at radius 1 is 1.15 bits per heavy atom. The highest BCUT2D eigenvalue weighted by Crippen LogP contribution is 2.36. The van der Waals surface area contributed by atoms with Crippen LogP contribution in [-0.4, -0.2) is 36.0 Å². The monoisotopic (exact) mass is 372 g/mol. The highest BCUT2D eigenvalue weighted by molar-refractivity contribution is 7.80. The number of carbonyl (C=O) groups excluding carboxylic acids is 2. The largest absolute Gasteiger partial charge is 0.463 e. The van der Waals surface area contributed by atoms with Gasteiger partial charge in [-0.15, -0.1) is 0 Å². The Kier molecular flexibility index (Phi) is 6.44. The van der Waals surface area contributed by atoms with Crippen LogP contribution in [0.1, 0.15) is 42.6 Å². The van der Waals surface area contributed by atoms with Crippen molar-refractivity contribution in [2.75, 3.05) is 13.2 Å². The van der Waals surface area contributed by atoms with Crippen LogP contribution in [0.25, 0.3) is 0 Å². The van der Waals surface area contributed by atoms with E-state index < -0.39 is 17.9 Å². The first-order chi connectivity index (χ1) is 12.4. The van der Waals surface area contributed by atoms with E-state index in [2.05, 4.69) is 11.2 Å². The van der Waals surface area contributed by atoms with Gasteiger partial charge in [0.15, 0.2) is 0 Å². The summed E-state index contributed by atoms with van der Waals surface area (Å²) in [6.45, 7) is 5.73. The van der Waals surface area contributed by atoms with Crippen LogP contribution >= 0.6 is 12.2 Å². The molecule has 1 atom stereocenters. The van der Waals surface area contributed by atoms with E-state index in [4.69, 9.17) is 27.1 Å². The van der Waals surface area contributed by atoms with E-state index in [0.717, 1.165) is 0 Å². The van der Waals surface area contributed by atoms with Gasteiger partial charge >= 0.3 is 11.9 Å². The lowest BCUT2D eigenvalue weighted by molar-refractivity contribution is -0.138. The molecule has 1 aromatic carbocycles. The van der Waals surface area contributed by atoms with Gasteiger partial charge in [0.1, 0.15) is 4.99 Å². The minimum Gasteiger partial charge on any atom is -0.463 e. The molecule has 1 aliphatic rings. The molecule has 1 heterocycles. The normalized spacial score (nSPS) is 16.7. The molecular weight excluding hydrogens is 352 g/mol.